The number of carbonyl (C=O) groups is 2. The smallest absolute Gasteiger partial charge is 0.249 e. The van der Waals surface area contributed by atoms with Crippen LogP contribution in [-0.4, -0.2) is 29.5 Å². The van der Waals surface area contributed by atoms with E-state index in [0.29, 0.717) is 29.2 Å². The van der Waals surface area contributed by atoms with Crippen LogP contribution < -0.4 is 10.2 Å². The Balaban J connectivity index is 1.63. The number of rotatable bonds is 4. The molecule has 1 aliphatic heterocycles. The van der Waals surface area contributed by atoms with Crippen molar-refractivity contribution in [2.24, 2.45) is 0 Å². The van der Waals surface area contributed by atoms with E-state index in [0.717, 1.165) is 0 Å². The second-order valence-electron chi connectivity index (χ2n) is 5.70. The molecule has 5 nitrogen and oxygen atoms in total. The van der Waals surface area contributed by atoms with Gasteiger partial charge in [-0.3, -0.25) is 9.59 Å². The summed E-state index contributed by atoms with van der Waals surface area (Å²) in [6.07, 6.45) is 0.653. The van der Waals surface area contributed by atoms with Gasteiger partial charge >= 0.3 is 0 Å². The number of anilines is 1. The monoisotopic (exact) mass is 344 g/mol. The van der Waals surface area contributed by atoms with Crippen molar-refractivity contribution in [2.75, 3.05) is 11.4 Å². The standard InChI is InChI=1S/C18H17ClN2O3/c19-14-6-1-2-7-16(14)21-9-8-15(18(21)24)20-17(23)11-12-4-3-5-13(22)10-12/h1-7,10,15,22H,8-9,11H2,(H,20,23). The third-order valence-corrected chi connectivity index (χ3v) is 4.28. The van der Waals surface area contributed by atoms with Crippen LogP contribution in [0.3, 0.4) is 0 Å². The minimum absolute atomic E-state index is 0.113. The van der Waals surface area contributed by atoms with Crippen LogP contribution in [0.4, 0.5) is 5.69 Å². The zero-order valence-corrected chi connectivity index (χ0v) is 13.7. The highest BCUT2D eigenvalue weighted by atomic mass is 35.5. The summed E-state index contributed by atoms with van der Waals surface area (Å²) in [6, 6.07) is 13.1. The number of amides is 2. The lowest BCUT2D eigenvalue weighted by molar-refractivity contribution is -0.126. The van der Waals surface area contributed by atoms with Gasteiger partial charge in [-0.05, 0) is 36.2 Å². The van der Waals surface area contributed by atoms with Crippen molar-refractivity contribution in [1.29, 1.82) is 0 Å². The summed E-state index contributed by atoms with van der Waals surface area (Å²) in [5.41, 5.74) is 1.36. The van der Waals surface area contributed by atoms with Crippen molar-refractivity contribution in [3.8, 4) is 5.75 Å². The Kier molecular flexibility index (Phi) is 4.71. The Hall–Kier alpha value is -2.53. The van der Waals surface area contributed by atoms with Crippen LogP contribution in [0.25, 0.3) is 0 Å². The second kappa shape index (κ2) is 6.93. The van der Waals surface area contributed by atoms with Crippen LogP contribution in [0.2, 0.25) is 5.02 Å². The number of halogens is 1. The summed E-state index contributed by atoms with van der Waals surface area (Å²) >= 11 is 6.14. The van der Waals surface area contributed by atoms with Crippen LogP contribution >= 0.6 is 11.6 Å². The van der Waals surface area contributed by atoms with E-state index in [2.05, 4.69) is 5.32 Å². The van der Waals surface area contributed by atoms with E-state index < -0.39 is 6.04 Å². The number of nitrogens with one attached hydrogen (secondary N) is 1. The minimum atomic E-state index is -0.550. The number of phenols is 1. The molecule has 1 heterocycles. The summed E-state index contributed by atoms with van der Waals surface area (Å²) in [5.74, 6) is -0.297. The van der Waals surface area contributed by atoms with Gasteiger partial charge in [-0.2, -0.15) is 0 Å². The quantitative estimate of drug-likeness (QED) is 0.895. The van der Waals surface area contributed by atoms with Gasteiger partial charge in [-0.1, -0.05) is 35.9 Å². The first-order valence-corrected chi connectivity index (χ1v) is 8.05. The third-order valence-electron chi connectivity index (χ3n) is 3.96. The summed E-state index contributed by atoms with van der Waals surface area (Å²) in [4.78, 5) is 26.3. The van der Waals surface area contributed by atoms with Gasteiger partial charge in [0.2, 0.25) is 11.8 Å². The van der Waals surface area contributed by atoms with Gasteiger partial charge in [0.05, 0.1) is 17.1 Å². The van der Waals surface area contributed by atoms with E-state index >= 15 is 0 Å². The van der Waals surface area contributed by atoms with Gasteiger partial charge in [-0.15, -0.1) is 0 Å². The molecule has 124 valence electrons. The number of hydrogen-bond donors (Lipinski definition) is 2. The first-order chi connectivity index (χ1) is 11.5. The predicted molar refractivity (Wildman–Crippen MR) is 92.2 cm³/mol. The lowest BCUT2D eigenvalue weighted by Crippen LogP contribution is -2.42. The lowest BCUT2D eigenvalue weighted by atomic mass is 10.1. The maximum Gasteiger partial charge on any atom is 0.249 e. The zero-order chi connectivity index (χ0) is 17.1. The number of carbonyl (C=O) groups excluding carboxylic acids is 2. The number of phenolic OH excluding ortho intramolecular Hbond substituents is 1. The molecule has 0 spiro atoms. The lowest BCUT2D eigenvalue weighted by Gasteiger charge is -2.18. The largest absolute Gasteiger partial charge is 0.508 e. The van der Waals surface area contributed by atoms with E-state index in [1.54, 1.807) is 41.3 Å². The Morgan fingerprint density at radius 1 is 1.25 bits per heavy atom. The molecule has 2 N–H and O–H groups in total. The van der Waals surface area contributed by atoms with Crippen molar-refractivity contribution in [2.45, 2.75) is 18.9 Å². The molecule has 0 aliphatic carbocycles. The highest BCUT2D eigenvalue weighted by molar-refractivity contribution is 6.34. The van der Waals surface area contributed by atoms with Crippen LogP contribution in [0.5, 0.6) is 5.75 Å². The zero-order valence-electron chi connectivity index (χ0n) is 12.9. The first kappa shape index (κ1) is 16.3. The summed E-state index contributed by atoms with van der Waals surface area (Å²) in [6.45, 7) is 0.514. The molecule has 0 radical (unpaired) electrons. The van der Waals surface area contributed by atoms with E-state index in [4.69, 9.17) is 11.6 Å². The molecule has 24 heavy (non-hydrogen) atoms. The van der Waals surface area contributed by atoms with Gasteiger partial charge in [0.1, 0.15) is 11.8 Å². The topological polar surface area (TPSA) is 69.6 Å². The summed E-state index contributed by atoms with van der Waals surface area (Å²) in [5, 5.41) is 12.7. The SMILES string of the molecule is O=C(Cc1cccc(O)c1)NC1CCN(c2ccccc2Cl)C1=O. The second-order valence-corrected chi connectivity index (χ2v) is 6.10. The van der Waals surface area contributed by atoms with E-state index in [1.165, 1.54) is 6.07 Å². The van der Waals surface area contributed by atoms with Gasteiger partial charge < -0.3 is 15.3 Å². The van der Waals surface area contributed by atoms with Crippen LogP contribution in [0.15, 0.2) is 48.5 Å². The molecule has 1 aliphatic rings. The van der Waals surface area contributed by atoms with Crippen LogP contribution in [0.1, 0.15) is 12.0 Å². The molecule has 0 bridgehead atoms. The van der Waals surface area contributed by atoms with Gasteiger partial charge in [0, 0.05) is 6.54 Å². The Labute approximate surface area is 144 Å². The number of benzene rings is 2. The Morgan fingerprint density at radius 2 is 2.04 bits per heavy atom. The van der Waals surface area contributed by atoms with Crippen molar-refractivity contribution < 1.29 is 14.7 Å². The average Bonchev–Trinajstić information content (AvgIpc) is 2.89. The Bertz CT molecular complexity index is 778. The normalized spacial score (nSPS) is 17.1. The molecular formula is C18H17ClN2O3. The van der Waals surface area contributed by atoms with Crippen molar-refractivity contribution in [1.82, 2.24) is 5.32 Å². The molecule has 0 saturated carbocycles. The average molecular weight is 345 g/mol. The molecule has 1 saturated heterocycles. The molecule has 1 atom stereocenters. The Morgan fingerprint density at radius 3 is 2.79 bits per heavy atom. The molecular weight excluding hydrogens is 328 g/mol. The molecule has 1 fully saturated rings. The number of para-hydroxylation sites is 1. The van der Waals surface area contributed by atoms with Gasteiger partial charge in [-0.25, -0.2) is 0 Å². The van der Waals surface area contributed by atoms with Gasteiger partial charge in [0.15, 0.2) is 0 Å². The maximum absolute atomic E-state index is 12.5. The number of nitrogens with zero attached hydrogens (tertiary/aromatic N) is 1. The molecule has 1 unspecified atom stereocenters. The molecule has 0 aromatic heterocycles. The van der Waals surface area contributed by atoms with E-state index in [9.17, 15) is 14.7 Å². The number of aromatic hydroxyl groups is 1. The highest BCUT2D eigenvalue weighted by Crippen LogP contribution is 2.29. The van der Waals surface area contributed by atoms with Crippen LogP contribution in [0, 0.1) is 0 Å². The van der Waals surface area contributed by atoms with Crippen molar-refractivity contribution in [3.05, 3.63) is 59.1 Å². The summed E-state index contributed by atoms with van der Waals surface area (Å²) in [7, 11) is 0. The molecule has 6 heteroatoms. The van der Waals surface area contributed by atoms with Gasteiger partial charge in [0.25, 0.3) is 0 Å². The highest BCUT2D eigenvalue weighted by Gasteiger charge is 2.34. The maximum atomic E-state index is 12.5. The fourth-order valence-corrected chi connectivity index (χ4v) is 3.06. The van der Waals surface area contributed by atoms with Crippen molar-refractivity contribution in [3.63, 3.8) is 0 Å². The van der Waals surface area contributed by atoms with E-state index in [-0.39, 0.29) is 24.0 Å². The van der Waals surface area contributed by atoms with Crippen LogP contribution in [-0.2, 0) is 16.0 Å². The number of hydrogen-bond acceptors (Lipinski definition) is 3. The fraction of sp³-hybridized carbons (Fsp3) is 0.222. The molecule has 2 aromatic rings. The predicted octanol–water partition coefficient (Wildman–Crippen LogP) is 2.51. The minimum Gasteiger partial charge on any atom is -0.508 e. The fourth-order valence-electron chi connectivity index (χ4n) is 2.82. The summed E-state index contributed by atoms with van der Waals surface area (Å²) < 4.78 is 0. The van der Waals surface area contributed by atoms with E-state index in [1.807, 2.05) is 6.07 Å². The third kappa shape index (κ3) is 3.51. The van der Waals surface area contributed by atoms with Crippen molar-refractivity contribution >= 4 is 29.1 Å². The first-order valence-electron chi connectivity index (χ1n) is 7.68. The molecule has 2 amide bonds. The molecule has 3 rings (SSSR count). The molecule has 2 aromatic carbocycles.